The lowest BCUT2D eigenvalue weighted by Gasteiger charge is -2.17. The number of rotatable bonds is 9. The largest absolute Gasteiger partial charge is 0.418 e. The first-order valence-electron chi connectivity index (χ1n) is 16.4. The maximum absolute atomic E-state index is 6.25. The second-order valence-corrected chi connectivity index (χ2v) is 17.6. The van der Waals surface area contributed by atoms with Crippen molar-refractivity contribution in [2.45, 2.75) is 39.4 Å². The third kappa shape index (κ3) is 6.64. The zero-order chi connectivity index (χ0) is 32.4. The van der Waals surface area contributed by atoms with Gasteiger partial charge in [0.25, 0.3) is 0 Å². The van der Waals surface area contributed by atoms with Crippen LogP contribution in [0.15, 0.2) is 137 Å². The van der Waals surface area contributed by atoms with Gasteiger partial charge in [0, 0.05) is 28.2 Å². The molecule has 0 fully saturated rings. The fraction of sp³-hybridized carbons (Fsp3) is 0.167. The lowest BCUT2D eigenvalue weighted by atomic mass is 10.0. The Balaban J connectivity index is 1.35. The molecule has 232 valence electrons. The standard InChI is InChI=1S/C42H39N3OSi/c1-29(43-41-34-19-9-5-15-30(34)27-31-16-6-10-20-35(31)41)38-23-13-24-39(44-38)40(25-14-26-46-47(2,3)4)45-42-36-21-11-7-17-32(36)28-33-18-8-12-22-37(33)42/h5-13,15-24,27-28H,14,25-26H2,1-4H3. The van der Waals surface area contributed by atoms with Crippen LogP contribution in [0, 0.1) is 0 Å². The molecule has 0 aliphatic heterocycles. The molecule has 0 unspecified atom stereocenters. The Kier molecular flexibility index (Phi) is 8.50. The highest BCUT2D eigenvalue weighted by Gasteiger charge is 2.16. The van der Waals surface area contributed by atoms with E-state index < -0.39 is 8.32 Å². The maximum Gasteiger partial charge on any atom is 0.183 e. The topological polar surface area (TPSA) is 46.8 Å². The lowest BCUT2D eigenvalue weighted by molar-refractivity contribution is 0.307. The normalized spacial score (nSPS) is 12.9. The van der Waals surface area contributed by atoms with Gasteiger partial charge in [0.05, 0.1) is 34.2 Å². The number of benzene rings is 6. The summed E-state index contributed by atoms with van der Waals surface area (Å²) in [7, 11) is -1.63. The van der Waals surface area contributed by atoms with Gasteiger partial charge >= 0.3 is 0 Å². The summed E-state index contributed by atoms with van der Waals surface area (Å²) in [6, 6.07) is 44.7. The molecule has 0 amide bonds. The predicted molar refractivity (Wildman–Crippen MR) is 204 cm³/mol. The van der Waals surface area contributed by atoms with E-state index >= 15 is 0 Å². The molecule has 0 saturated heterocycles. The van der Waals surface area contributed by atoms with Crippen molar-refractivity contribution < 1.29 is 4.43 Å². The van der Waals surface area contributed by atoms with Gasteiger partial charge in [-0.3, -0.25) is 4.99 Å². The molecule has 0 aliphatic rings. The van der Waals surface area contributed by atoms with Crippen LogP contribution in [0.4, 0.5) is 11.4 Å². The first-order chi connectivity index (χ1) is 22.8. The molecule has 47 heavy (non-hydrogen) atoms. The van der Waals surface area contributed by atoms with Gasteiger partial charge in [-0.05, 0) is 85.2 Å². The summed E-state index contributed by atoms with van der Waals surface area (Å²) in [6.07, 6.45) is 1.62. The van der Waals surface area contributed by atoms with Crippen LogP contribution in [-0.2, 0) is 4.43 Å². The molecule has 5 heteroatoms. The van der Waals surface area contributed by atoms with Crippen molar-refractivity contribution in [3.05, 3.63) is 139 Å². The average Bonchev–Trinajstić information content (AvgIpc) is 3.08. The fourth-order valence-corrected chi connectivity index (χ4v) is 6.99. The number of hydrogen-bond donors (Lipinski definition) is 0. The molecule has 0 bridgehead atoms. The molecular formula is C42H39N3OSi. The quantitative estimate of drug-likeness (QED) is 0.0690. The highest BCUT2D eigenvalue weighted by molar-refractivity contribution is 6.69. The highest BCUT2D eigenvalue weighted by Crippen LogP contribution is 2.37. The average molecular weight is 630 g/mol. The molecule has 7 rings (SSSR count). The van der Waals surface area contributed by atoms with Gasteiger partial charge < -0.3 is 4.43 Å². The predicted octanol–water partition coefficient (Wildman–Crippen LogP) is 11.6. The number of nitrogens with zero attached hydrogens (tertiary/aromatic N) is 3. The molecule has 1 aromatic heterocycles. The van der Waals surface area contributed by atoms with Gasteiger partial charge in [0.15, 0.2) is 8.32 Å². The molecule has 7 aromatic rings. The molecule has 0 radical (unpaired) electrons. The van der Waals surface area contributed by atoms with Crippen molar-refractivity contribution in [1.29, 1.82) is 0 Å². The van der Waals surface area contributed by atoms with E-state index in [4.69, 9.17) is 19.4 Å². The number of pyridine rings is 1. The number of aromatic nitrogens is 1. The van der Waals surface area contributed by atoms with E-state index in [0.29, 0.717) is 6.61 Å². The van der Waals surface area contributed by atoms with E-state index in [9.17, 15) is 0 Å². The molecule has 0 aliphatic carbocycles. The number of fused-ring (bicyclic) bond motifs is 4. The summed E-state index contributed by atoms with van der Waals surface area (Å²) in [5.74, 6) is 0. The molecular weight excluding hydrogens is 591 g/mol. The molecule has 1 heterocycles. The smallest absolute Gasteiger partial charge is 0.183 e. The summed E-state index contributed by atoms with van der Waals surface area (Å²) in [5.41, 5.74) is 5.49. The van der Waals surface area contributed by atoms with Gasteiger partial charge in [0.2, 0.25) is 0 Å². The Morgan fingerprint density at radius 1 is 0.574 bits per heavy atom. The minimum atomic E-state index is -1.63. The summed E-state index contributed by atoms with van der Waals surface area (Å²) in [4.78, 5) is 15.9. The molecule has 0 N–H and O–H groups in total. The van der Waals surface area contributed by atoms with Crippen LogP contribution in [0.2, 0.25) is 19.6 Å². The molecule has 0 spiro atoms. The zero-order valence-electron chi connectivity index (χ0n) is 27.5. The van der Waals surface area contributed by atoms with Crippen LogP contribution in [0.5, 0.6) is 0 Å². The molecule has 4 nitrogen and oxygen atoms in total. The van der Waals surface area contributed by atoms with Crippen molar-refractivity contribution in [1.82, 2.24) is 4.98 Å². The van der Waals surface area contributed by atoms with E-state index in [1.54, 1.807) is 0 Å². The Bertz CT molecular complexity index is 2210. The highest BCUT2D eigenvalue weighted by atomic mass is 28.4. The van der Waals surface area contributed by atoms with E-state index in [0.717, 1.165) is 68.6 Å². The minimum Gasteiger partial charge on any atom is -0.418 e. The van der Waals surface area contributed by atoms with Crippen LogP contribution < -0.4 is 0 Å². The van der Waals surface area contributed by atoms with Crippen molar-refractivity contribution in [3.8, 4) is 0 Å². The van der Waals surface area contributed by atoms with Crippen molar-refractivity contribution in [2.75, 3.05) is 6.61 Å². The molecule has 0 saturated carbocycles. The van der Waals surface area contributed by atoms with Crippen LogP contribution >= 0.6 is 0 Å². The van der Waals surface area contributed by atoms with Gasteiger partial charge in [0.1, 0.15) is 0 Å². The third-order valence-electron chi connectivity index (χ3n) is 8.52. The fourth-order valence-electron chi connectivity index (χ4n) is 6.24. The minimum absolute atomic E-state index is 0.708. The van der Waals surface area contributed by atoms with Crippen molar-refractivity contribution in [2.24, 2.45) is 9.98 Å². The second kappa shape index (κ2) is 13.0. The van der Waals surface area contributed by atoms with Crippen LogP contribution in [0.25, 0.3) is 43.1 Å². The van der Waals surface area contributed by atoms with E-state index in [-0.39, 0.29) is 0 Å². The van der Waals surface area contributed by atoms with Gasteiger partial charge in [-0.1, -0.05) is 103 Å². The monoisotopic (exact) mass is 629 g/mol. The van der Waals surface area contributed by atoms with Crippen molar-refractivity contribution >= 4 is 74.2 Å². The van der Waals surface area contributed by atoms with E-state index in [1.165, 1.54) is 21.5 Å². The van der Waals surface area contributed by atoms with E-state index in [1.807, 2.05) is 0 Å². The SMILES string of the molecule is CC(=Nc1c2ccccc2cc2ccccc12)c1cccc(C(CCCO[Si](C)(C)C)=Nc2c3ccccc3cc3ccccc23)n1. The van der Waals surface area contributed by atoms with Crippen LogP contribution in [0.3, 0.4) is 0 Å². The molecule has 0 atom stereocenters. The number of aliphatic imine (C=N–C) groups is 2. The third-order valence-corrected chi connectivity index (χ3v) is 9.59. The Morgan fingerprint density at radius 2 is 1.02 bits per heavy atom. The second-order valence-electron chi connectivity index (χ2n) is 13.1. The summed E-state index contributed by atoms with van der Waals surface area (Å²) >= 11 is 0. The lowest BCUT2D eigenvalue weighted by Crippen LogP contribution is -2.26. The first kappa shape index (κ1) is 30.7. The van der Waals surface area contributed by atoms with Crippen LogP contribution in [0.1, 0.15) is 31.2 Å². The Labute approximate surface area is 277 Å². The molecule has 6 aromatic carbocycles. The summed E-state index contributed by atoms with van der Waals surface area (Å²) in [5, 5.41) is 9.26. The summed E-state index contributed by atoms with van der Waals surface area (Å²) < 4.78 is 6.25. The van der Waals surface area contributed by atoms with Gasteiger partial charge in [-0.15, -0.1) is 0 Å². The van der Waals surface area contributed by atoms with E-state index in [2.05, 4.69) is 154 Å². The zero-order valence-corrected chi connectivity index (χ0v) is 28.5. The van der Waals surface area contributed by atoms with Crippen LogP contribution in [-0.4, -0.2) is 31.3 Å². The maximum atomic E-state index is 6.25. The number of hydrogen-bond acceptors (Lipinski definition) is 4. The Hall–Kier alpha value is -4.97. The first-order valence-corrected chi connectivity index (χ1v) is 19.8. The van der Waals surface area contributed by atoms with Crippen molar-refractivity contribution in [3.63, 3.8) is 0 Å². The Morgan fingerprint density at radius 3 is 1.51 bits per heavy atom. The van der Waals surface area contributed by atoms with Gasteiger partial charge in [-0.25, -0.2) is 9.98 Å². The summed E-state index contributed by atoms with van der Waals surface area (Å²) in [6.45, 7) is 9.46. The van der Waals surface area contributed by atoms with Gasteiger partial charge in [-0.2, -0.15) is 0 Å².